The molecule has 1 aromatic carbocycles. The Morgan fingerprint density at radius 3 is 3.03 bits per heavy atom. The third-order valence-corrected chi connectivity index (χ3v) is 6.19. The highest BCUT2D eigenvalue weighted by molar-refractivity contribution is 5.94. The van der Waals surface area contributed by atoms with Crippen LogP contribution in [0.1, 0.15) is 17.5 Å². The van der Waals surface area contributed by atoms with Gasteiger partial charge in [-0.25, -0.2) is 19.2 Å². The van der Waals surface area contributed by atoms with Crippen LogP contribution in [0.25, 0.3) is 0 Å². The predicted octanol–water partition coefficient (Wildman–Crippen LogP) is 0.531. The third kappa shape index (κ3) is 5.15. The van der Waals surface area contributed by atoms with Gasteiger partial charge in [0.05, 0.1) is 12.7 Å². The monoisotopic (exact) mass is 500 g/mol. The van der Waals surface area contributed by atoms with Gasteiger partial charge in [-0.3, -0.25) is 14.5 Å². The molecule has 5 rings (SSSR count). The Morgan fingerprint density at radius 1 is 1.33 bits per heavy atom. The minimum Gasteiger partial charge on any atom is -0.484 e. The first-order chi connectivity index (χ1) is 17.4. The number of carbonyl (C=O) groups is 3. The minimum absolute atomic E-state index is 0.129. The molecule has 1 aromatic heterocycles. The molecule has 1 aliphatic carbocycles. The standard InChI is InChI=1S/C23H25FN6O6/c24-17-6-15(34-10-18(25)31)5-13-3-12(4-16(13)17)7-26-2-1-14-9-30(23(33)36-14)19-8-27-22-21(28-19)29-20(32)11-35-22/h5-6,8,12,14,26H,1-4,7,9-11H2,(H2,25,31)(H,28,29,32)/t12?,14-/m1/s1. The van der Waals surface area contributed by atoms with E-state index in [1.165, 1.54) is 17.2 Å². The number of nitrogens with zero attached hydrogens (tertiary/aromatic N) is 3. The van der Waals surface area contributed by atoms with Crippen LogP contribution in [0.4, 0.5) is 20.8 Å². The first kappa shape index (κ1) is 23.7. The number of ether oxygens (including phenoxy) is 3. The van der Waals surface area contributed by atoms with Crippen LogP contribution >= 0.6 is 0 Å². The summed E-state index contributed by atoms with van der Waals surface area (Å²) >= 11 is 0. The molecule has 190 valence electrons. The van der Waals surface area contributed by atoms with Gasteiger partial charge in [-0.2, -0.15) is 0 Å². The van der Waals surface area contributed by atoms with Crippen LogP contribution in [0.15, 0.2) is 18.3 Å². The van der Waals surface area contributed by atoms with Crippen molar-refractivity contribution in [3.63, 3.8) is 0 Å². The van der Waals surface area contributed by atoms with Gasteiger partial charge in [-0.1, -0.05) is 0 Å². The summed E-state index contributed by atoms with van der Waals surface area (Å²) in [6.07, 6.45) is 2.41. The number of nitrogens with one attached hydrogen (secondary N) is 2. The topological polar surface area (TPSA) is 158 Å². The summed E-state index contributed by atoms with van der Waals surface area (Å²) in [5.74, 6) is -0.151. The van der Waals surface area contributed by atoms with Crippen LogP contribution in [-0.2, 0) is 27.2 Å². The molecule has 0 saturated carbocycles. The van der Waals surface area contributed by atoms with Crippen LogP contribution in [-0.4, -0.2) is 66.8 Å². The van der Waals surface area contributed by atoms with E-state index in [-0.39, 0.29) is 54.5 Å². The molecule has 36 heavy (non-hydrogen) atoms. The summed E-state index contributed by atoms with van der Waals surface area (Å²) in [5, 5.41) is 5.93. The van der Waals surface area contributed by atoms with Gasteiger partial charge < -0.3 is 30.6 Å². The highest BCUT2D eigenvalue weighted by Crippen LogP contribution is 2.32. The van der Waals surface area contributed by atoms with E-state index in [1.807, 2.05) is 0 Å². The van der Waals surface area contributed by atoms with Gasteiger partial charge in [0, 0.05) is 6.07 Å². The van der Waals surface area contributed by atoms with Crippen molar-refractivity contribution in [1.82, 2.24) is 15.3 Å². The lowest BCUT2D eigenvalue weighted by molar-refractivity contribution is -0.120. The second kappa shape index (κ2) is 9.93. The molecule has 4 N–H and O–H groups in total. The summed E-state index contributed by atoms with van der Waals surface area (Å²) in [5.41, 5.74) is 6.62. The number of anilines is 2. The third-order valence-electron chi connectivity index (χ3n) is 6.19. The number of cyclic esters (lactones) is 1. The molecule has 3 heterocycles. The summed E-state index contributed by atoms with van der Waals surface area (Å²) in [7, 11) is 0. The van der Waals surface area contributed by atoms with E-state index in [1.54, 1.807) is 6.07 Å². The average Bonchev–Trinajstić information content (AvgIpc) is 3.43. The Morgan fingerprint density at radius 2 is 2.19 bits per heavy atom. The van der Waals surface area contributed by atoms with Gasteiger partial charge in [0.25, 0.3) is 17.7 Å². The zero-order valence-corrected chi connectivity index (χ0v) is 19.3. The highest BCUT2D eigenvalue weighted by atomic mass is 19.1. The number of hydrogen-bond acceptors (Lipinski definition) is 9. The molecular weight excluding hydrogens is 475 g/mol. The molecule has 3 amide bonds. The molecule has 2 atom stereocenters. The van der Waals surface area contributed by atoms with Gasteiger partial charge in [0.1, 0.15) is 17.7 Å². The number of carbonyl (C=O) groups excluding carboxylic acids is 3. The van der Waals surface area contributed by atoms with Gasteiger partial charge in [0.15, 0.2) is 24.8 Å². The fourth-order valence-corrected chi connectivity index (χ4v) is 4.55. The van der Waals surface area contributed by atoms with Gasteiger partial charge in [-0.05, 0) is 55.5 Å². The van der Waals surface area contributed by atoms with Crippen molar-refractivity contribution in [1.29, 1.82) is 0 Å². The Hall–Kier alpha value is -4.00. The van der Waals surface area contributed by atoms with E-state index in [0.717, 1.165) is 5.56 Å². The molecule has 1 saturated heterocycles. The van der Waals surface area contributed by atoms with E-state index in [9.17, 15) is 18.8 Å². The summed E-state index contributed by atoms with van der Waals surface area (Å²) in [4.78, 5) is 44.5. The summed E-state index contributed by atoms with van der Waals surface area (Å²) in [6, 6.07) is 3.04. The quantitative estimate of drug-likeness (QED) is 0.418. The summed E-state index contributed by atoms with van der Waals surface area (Å²) < 4.78 is 30.3. The maximum Gasteiger partial charge on any atom is 0.415 e. The van der Waals surface area contributed by atoms with Crippen LogP contribution in [0, 0.1) is 11.7 Å². The molecule has 2 aliphatic heterocycles. The van der Waals surface area contributed by atoms with E-state index in [2.05, 4.69) is 20.6 Å². The Labute approximate surface area is 205 Å². The van der Waals surface area contributed by atoms with Crippen LogP contribution in [0.3, 0.4) is 0 Å². The molecular formula is C23H25FN6O6. The fourth-order valence-electron chi connectivity index (χ4n) is 4.55. The molecule has 1 fully saturated rings. The second-order valence-electron chi connectivity index (χ2n) is 8.90. The van der Waals surface area contributed by atoms with Crippen molar-refractivity contribution < 1.29 is 33.0 Å². The molecule has 13 heteroatoms. The number of halogens is 1. The van der Waals surface area contributed by atoms with E-state index >= 15 is 0 Å². The number of primary amides is 1. The van der Waals surface area contributed by atoms with E-state index < -0.39 is 12.0 Å². The number of fused-ring (bicyclic) bond motifs is 2. The lowest BCUT2D eigenvalue weighted by atomic mass is 10.1. The minimum atomic E-state index is -0.618. The van der Waals surface area contributed by atoms with Crippen molar-refractivity contribution in [2.75, 3.05) is 43.1 Å². The van der Waals surface area contributed by atoms with Gasteiger partial charge in [-0.15, -0.1) is 0 Å². The number of nitrogens with two attached hydrogens (primary N) is 1. The number of aromatic nitrogens is 2. The first-order valence-corrected chi connectivity index (χ1v) is 11.6. The Kier molecular flexibility index (Phi) is 6.55. The lowest BCUT2D eigenvalue weighted by Crippen LogP contribution is -2.30. The second-order valence-corrected chi connectivity index (χ2v) is 8.90. The number of rotatable bonds is 9. The van der Waals surface area contributed by atoms with Gasteiger partial charge >= 0.3 is 6.09 Å². The molecule has 1 unspecified atom stereocenters. The van der Waals surface area contributed by atoms with Crippen molar-refractivity contribution in [2.45, 2.75) is 25.4 Å². The molecule has 12 nitrogen and oxygen atoms in total. The molecule has 0 radical (unpaired) electrons. The molecule has 2 aromatic rings. The zero-order valence-electron chi connectivity index (χ0n) is 19.3. The number of amides is 3. The number of benzene rings is 1. The number of hydrogen-bond donors (Lipinski definition) is 3. The largest absolute Gasteiger partial charge is 0.484 e. The lowest BCUT2D eigenvalue weighted by Gasteiger charge is -2.18. The van der Waals surface area contributed by atoms with Crippen LogP contribution in [0.2, 0.25) is 0 Å². The van der Waals surface area contributed by atoms with Crippen LogP contribution < -0.4 is 30.7 Å². The maximum absolute atomic E-state index is 14.5. The first-order valence-electron chi connectivity index (χ1n) is 11.6. The fraction of sp³-hybridized carbons (Fsp3) is 0.435. The van der Waals surface area contributed by atoms with Crippen molar-refractivity contribution in [3.05, 3.63) is 35.3 Å². The van der Waals surface area contributed by atoms with Crippen molar-refractivity contribution >= 4 is 29.5 Å². The van der Waals surface area contributed by atoms with E-state index in [0.29, 0.717) is 50.2 Å². The zero-order chi connectivity index (χ0) is 25.2. The average molecular weight is 500 g/mol. The van der Waals surface area contributed by atoms with E-state index in [4.69, 9.17) is 19.9 Å². The highest BCUT2D eigenvalue weighted by Gasteiger charge is 2.34. The maximum atomic E-state index is 14.5. The Balaban J connectivity index is 1.08. The molecule has 0 spiro atoms. The summed E-state index contributed by atoms with van der Waals surface area (Å²) in [6.45, 7) is 1.16. The van der Waals surface area contributed by atoms with Crippen molar-refractivity contribution in [2.24, 2.45) is 11.7 Å². The van der Waals surface area contributed by atoms with Crippen LogP contribution in [0.5, 0.6) is 11.6 Å². The molecule has 3 aliphatic rings. The Bertz CT molecular complexity index is 1210. The van der Waals surface area contributed by atoms with Crippen molar-refractivity contribution in [3.8, 4) is 11.6 Å². The predicted molar refractivity (Wildman–Crippen MR) is 123 cm³/mol. The van der Waals surface area contributed by atoms with Gasteiger partial charge in [0.2, 0.25) is 0 Å². The molecule has 0 bridgehead atoms. The smallest absolute Gasteiger partial charge is 0.415 e. The SMILES string of the molecule is NC(=O)COc1cc(F)c2c(c1)CC(CNCC[C@@H]1CN(c3cnc4c(n3)NC(=O)CO4)C(=O)O1)C2. The normalized spacial score (nSPS) is 20.3.